The minimum atomic E-state index is -1.09. The molecule has 0 aliphatic carbocycles. The summed E-state index contributed by atoms with van der Waals surface area (Å²) in [6.07, 6.45) is 7.20. The zero-order valence-electron chi connectivity index (χ0n) is 17.0. The second-order valence-electron chi connectivity index (χ2n) is 8.13. The zero-order chi connectivity index (χ0) is 20.1. The highest BCUT2D eigenvalue weighted by molar-refractivity contribution is 7.15. The predicted octanol–water partition coefficient (Wildman–Crippen LogP) is 5.27. The van der Waals surface area contributed by atoms with Gasteiger partial charge in [0, 0.05) is 32.5 Å². The summed E-state index contributed by atoms with van der Waals surface area (Å²) in [7, 11) is -1.09. The van der Waals surface area contributed by atoms with Gasteiger partial charge in [0.25, 0.3) is 0 Å². The molecule has 0 aromatic carbocycles. The number of fused-ring (bicyclic) bond motifs is 1. The molecule has 148 valence electrons. The summed E-state index contributed by atoms with van der Waals surface area (Å²) in [5.41, 5.74) is 1.72. The summed E-state index contributed by atoms with van der Waals surface area (Å²) < 4.78 is 7.89. The minimum absolute atomic E-state index is 0.148. The highest BCUT2D eigenvalue weighted by atomic mass is 32.1. The van der Waals surface area contributed by atoms with Gasteiger partial charge in [0.05, 0.1) is 22.6 Å². The summed E-state index contributed by atoms with van der Waals surface area (Å²) in [4.78, 5) is 14.4. The molecule has 0 fully saturated rings. The fourth-order valence-electron chi connectivity index (χ4n) is 2.94. The molecule has 0 spiro atoms. The number of thiazole rings is 1. The Hall–Kier alpha value is -2.08. The van der Waals surface area contributed by atoms with Crippen LogP contribution in [0, 0.1) is 11.3 Å². The number of aromatic nitrogens is 4. The van der Waals surface area contributed by atoms with Crippen molar-refractivity contribution in [3.8, 4) is 16.6 Å². The Bertz CT molecular complexity index is 969. The topological polar surface area (TPSA) is 76.6 Å². The second-order valence-corrected chi connectivity index (χ2v) is 14.8. The van der Waals surface area contributed by atoms with Crippen LogP contribution in [-0.4, -0.2) is 34.2 Å². The molecule has 6 nitrogen and oxygen atoms in total. The molecule has 0 unspecified atom stereocenters. The van der Waals surface area contributed by atoms with Gasteiger partial charge in [-0.25, -0.2) is 15.0 Å². The quantitative estimate of drug-likeness (QED) is 0.352. The molecule has 28 heavy (non-hydrogen) atoms. The van der Waals surface area contributed by atoms with Crippen LogP contribution in [0.3, 0.4) is 0 Å². The van der Waals surface area contributed by atoms with Crippen LogP contribution < -0.4 is 0 Å². The lowest BCUT2D eigenvalue weighted by Crippen LogP contribution is -2.22. The van der Waals surface area contributed by atoms with E-state index in [1.54, 1.807) is 17.7 Å². The molecule has 1 atom stereocenters. The van der Waals surface area contributed by atoms with Crippen molar-refractivity contribution in [1.29, 1.82) is 5.26 Å². The molecule has 0 aliphatic rings. The van der Waals surface area contributed by atoms with Crippen LogP contribution in [-0.2, 0) is 11.5 Å². The summed E-state index contributed by atoms with van der Waals surface area (Å²) in [6, 6.07) is 5.54. The van der Waals surface area contributed by atoms with Crippen molar-refractivity contribution in [2.24, 2.45) is 0 Å². The molecule has 0 saturated carbocycles. The van der Waals surface area contributed by atoms with E-state index in [1.807, 2.05) is 23.0 Å². The molecular weight excluding hydrogens is 386 g/mol. The second kappa shape index (κ2) is 8.95. The average molecular weight is 414 g/mol. The molecule has 0 N–H and O–H groups in total. The van der Waals surface area contributed by atoms with Gasteiger partial charge in [-0.1, -0.05) is 33.0 Å². The van der Waals surface area contributed by atoms with E-state index in [2.05, 4.69) is 47.6 Å². The van der Waals surface area contributed by atoms with Crippen molar-refractivity contribution in [2.45, 2.75) is 58.1 Å². The van der Waals surface area contributed by atoms with E-state index in [9.17, 15) is 5.26 Å². The van der Waals surface area contributed by atoms with Crippen LogP contribution in [0.2, 0.25) is 25.7 Å². The third-order valence-corrected chi connectivity index (χ3v) is 7.39. The Labute approximate surface area is 171 Å². The Kier molecular flexibility index (Phi) is 6.60. The van der Waals surface area contributed by atoms with Crippen molar-refractivity contribution < 1.29 is 4.74 Å². The first-order chi connectivity index (χ1) is 13.4. The lowest BCUT2D eigenvalue weighted by Gasteiger charge is -2.15. The highest BCUT2D eigenvalue weighted by Gasteiger charge is 2.18. The van der Waals surface area contributed by atoms with E-state index in [-0.39, 0.29) is 5.92 Å². The standard InChI is InChI=1S/C20H27N5OSSi/c1-5-6-15(11-21)20-22-12-17(27-20)18-16-7-8-25(19(16)24-13-23-18)14-26-9-10-28(2,3)4/h7-8,12-13,15H,5-6,9-10,14H2,1-4H3/t15-/m0/s1. The van der Waals surface area contributed by atoms with Gasteiger partial charge in [0.2, 0.25) is 0 Å². The Morgan fingerprint density at radius 2 is 2.11 bits per heavy atom. The Morgan fingerprint density at radius 1 is 1.29 bits per heavy atom. The zero-order valence-corrected chi connectivity index (χ0v) is 18.8. The maximum absolute atomic E-state index is 9.39. The van der Waals surface area contributed by atoms with Crippen molar-refractivity contribution >= 4 is 30.4 Å². The molecule has 0 bridgehead atoms. The molecular formula is C20H27N5OSSi. The maximum Gasteiger partial charge on any atom is 0.145 e. The largest absolute Gasteiger partial charge is 0.361 e. The number of hydrogen-bond donors (Lipinski definition) is 0. The van der Waals surface area contributed by atoms with Gasteiger partial charge in [-0.3, -0.25) is 0 Å². The van der Waals surface area contributed by atoms with Gasteiger partial charge in [-0.15, -0.1) is 11.3 Å². The molecule has 0 radical (unpaired) electrons. The lowest BCUT2D eigenvalue weighted by molar-refractivity contribution is 0.0899. The number of rotatable bonds is 9. The predicted molar refractivity (Wildman–Crippen MR) is 116 cm³/mol. The normalized spacial score (nSPS) is 13.0. The summed E-state index contributed by atoms with van der Waals surface area (Å²) >= 11 is 1.55. The van der Waals surface area contributed by atoms with Gasteiger partial charge < -0.3 is 9.30 Å². The number of nitrogens with zero attached hydrogens (tertiary/aromatic N) is 5. The SMILES string of the molecule is CCC[C@@H](C#N)c1ncc(-c2ncnc3c2ccn3COCC[Si](C)(C)C)s1. The van der Waals surface area contributed by atoms with Gasteiger partial charge in [-0.2, -0.15) is 5.26 Å². The highest BCUT2D eigenvalue weighted by Crippen LogP contribution is 2.34. The van der Waals surface area contributed by atoms with E-state index in [1.165, 1.54) is 0 Å². The molecule has 3 aromatic heterocycles. The fourth-order valence-corrected chi connectivity index (χ4v) is 4.70. The van der Waals surface area contributed by atoms with Gasteiger partial charge in [0.15, 0.2) is 0 Å². The van der Waals surface area contributed by atoms with Gasteiger partial charge in [0.1, 0.15) is 23.7 Å². The molecule has 8 heteroatoms. The number of nitriles is 1. The third-order valence-electron chi connectivity index (χ3n) is 4.57. The van der Waals surface area contributed by atoms with Crippen LogP contribution in [0.15, 0.2) is 24.8 Å². The number of ether oxygens (including phenoxy) is 1. The first-order valence-corrected chi connectivity index (χ1v) is 14.2. The monoisotopic (exact) mass is 413 g/mol. The van der Waals surface area contributed by atoms with Gasteiger partial charge >= 0.3 is 0 Å². The van der Waals surface area contributed by atoms with E-state index >= 15 is 0 Å². The van der Waals surface area contributed by atoms with Crippen LogP contribution in [0.4, 0.5) is 0 Å². The minimum Gasteiger partial charge on any atom is -0.361 e. The van der Waals surface area contributed by atoms with Crippen molar-refractivity contribution in [3.05, 3.63) is 29.8 Å². The summed E-state index contributed by atoms with van der Waals surface area (Å²) in [6.45, 7) is 10.4. The molecule has 0 aliphatic heterocycles. The van der Waals surface area contributed by atoms with E-state index in [0.29, 0.717) is 6.73 Å². The van der Waals surface area contributed by atoms with Crippen molar-refractivity contribution in [1.82, 2.24) is 19.5 Å². The molecule has 3 aromatic rings. The molecule has 3 rings (SSSR count). The smallest absolute Gasteiger partial charge is 0.145 e. The molecule has 0 saturated heterocycles. The van der Waals surface area contributed by atoms with Crippen LogP contribution >= 0.6 is 11.3 Å². The summed E-state index contributed by atoms with van der Waals surface area (Å²) in [5.74, 6) is -0.148. The van der Waals surface area contributed by atoms with Crippen LogP contribution in [0.5, 0.6) is 0 Å². The van der Waals surface area contributed by atoms with Crippen molar-refractivity contribution in [3.63, 3.8) is 0 Å². The third kappa shape index (κ3) is 4.84. The average Bonchev–Trinajstić information content (AvgIpc) is 3.30. The number of hydrogen-bond acceptors (Lipinski definition) is 6. The van der Waals surface area contributed by atoms with E-state index < -0.39 is 8.07 Å². The summed E-state index contributed by atoms with van der Waals surface area (Å²) in [5, 5.41) is 11.2. The molecule has 0 amide bonds. The first-order valence-electron chi connectivity index (χ1n) is 9.66. The van der Waals surface area contributed by atoms with Crippen LogP contribution in [0.25, 0.3) is 21.6 Å². The van der Waals surface area contributed by atoms with Crippen molar-refractivity contribution in [2.75, 3.05) is 6.61 Å². The first kappa shape index (κ1) is 20.6. The van der Waals surface area contributed by atoms with Gasteiger partial charge in [-0.05, 0) is 18.5 Å². The Balaban J connectivity index is 1.80. The lowest BCUT2D eigenvalue weighted by atomic mass is 10.1. The van der Waals surface area contributed by atoms with Crippen LogP contribution in [0.1, 0.15) is 30.7 Å². The van der Waals surface area contributed by atoms with E-state index in [0.717, 1.165) is 52.1 Å². The fraction of sp³-hybridized carbons (Fsp3) is 0.500. The molecule has 3 heterocycles. The Morgan fingerprint density at radius 3 is 2.82 bits per heavy atom. The van der Waals surface area contributed by atoms with E-state index in [4.69, 9.17) is 4.74 Å². The maximum atomic E-state index is 9.39.